The summed E-state index contributed by atoms with van der Waals surface area (Å²) < 4.78 is 13.4. The minimum absolute atomic E-state index is 0.0331. The summed E-state index contributed by atoms with van der Waals surface area (Å²) in [6.07, 6.45) is -1.35. The van der Waals surface area contributed by atoms with Crippen LogP contribution in [0, 0.1) is 11.3 Å². The van der Waals surface area contributed by atoms with E-state index in [0.717, 1.165) is 0 Å². The van der Waals surface area contributed by atoms with Crippen LogP contribution in [0.25, 0.3) is 0 Å². The lowest BCUT2D eigenvalue weighted by molar-refractivity contribution is -0.140. The Hall–Kier alpha value is -0.930. The highest BCUT2D eigenvalue weighted by Gasteiger charge is 2.46. The molecule has 0 radical (unpaired) electrons. The van der Waals surface area contributed by atoms with Gasteiger partial charge < -0.3 is 4.90 Å². The Morgan fingerprint density at radius 3 is 2.29 bits per heavy atom. The summed E-state index contributed by atoms with van der Waals surface area (Å²) in [5.74, 6) is -1.78. The SMILES string of the molecule is CN1CC(F)C(C(=O)C(C)(C)C)C1=O. The molecule has 80 valence electrons. The van der Waals surface area contributed by atoms with Gasteiger partial charge >= 0.3 is 0 Å². The third-order valence-electron chi connectivity index (χ3n) is 2.47. The fourth-order valence-electron chi connectivity index (χ4n) is 1.59. The van der Waals surface area contributed by atoms with Gasteiger partial charge in [-0.1, -0.05) is 20.8 Å². The zero-order valence-corrected chi connectivity index (χ0v) is 9.00. The van der Waals surface area contributed by atoms with E-state index in [1.165, 1.54) is 11.9 Å². The number of halogens is 1. The van der Waals surface area contributed by atoms with Crippen LogP contribution in [0.1, 0.15) is 20.8 Å². The van der Waals surface area contributed by atoms with Gasteiger partial charge in [0.25, 0.3) is 0 Å². The zero-order chi connectivity index (χ0) is 11.1. The predicted molar refractivity (Wildman–Crippen MR) is 50.5 cm³/mol. The molecule has 0 aliphatic carbocycles. The first-order chi connectivity index (χ1) is 6.25. The number of likely N-dealkylation sites (tertiary alicyclic amines) is 1. The summed E-state index contributed by atoms with van der Waals surface area (Å²) in [5, 5.41) is 0. The third-order valence-corrected chi connectivity index (χ3v) is 2.47. The third kappa shape index (κ3) is 1.79. The topological polar surface area (TPSA) is 37.4 Å². The van der Waals surface area contributed by atoms with Gasteiger partial charge in [-0.15, -0.1) is 0 Å². The van der Waals surface area contributed by atoms with Crippen molar-refractivity contribution < 1.29 is 14.0 Å². The smallest absolute Gasteiger partial charge is 0.236 e. The van der Waals surface area contributed by atoms with E-state index >= 15 is 0 Å². The van der Waals surface area contributed by atoms with Crippen molar-refractivity contribution in [3.63, 3.8) is 0 Å². The van der Waals surface area contributed by atoms with Gasteiger partial charge in [0, 0.05) is 12.5 Å². The molecule has 1 aliphatic rings. The van der Waals surface area contributed by atoms with E-state index in [1.807, 2.05) is 0 Å². The minimum atomic E-state index is -1.35. The standard InChI is InChI=1S/C10H16FNO2/c1-10(2,3)8(13)7-6(11)5-12(4)9(7)14/h6-7H,5H2,1-4H3. The van der Waals surface area contributed by atoms with E-state index in [-0.39, 0.29) is 12.3 Å². The van der Waals surface area contributed by atoms with Crippen molar-refractivity contribution in [1.82, 2.24) is 4.90 Å². The number of carbonyl (C=O) groups excluding carboxylic acids is 2. The number of alkyl halides is 1. The van der Waals surface area contributed by atoms with Crippen molar-refractivity contribution in [2.45, 2.75) is 26.9 Å². The van der Waals surface area contributed by atoms with Crippen LogP contribution in [-0.2, 0) is 9.59 Å². The lowest BCUT2D eigenvalue weighted by Crippen LogP contribution is -2.36. The Balaban J connectivity index is 2.89. The molecule has 0 saturated carbocycles. The van der Waals surface area contributed by atoms with Gasteiger partial charge in [0.15, 0.2) is 5.78 Å². The molecule has 1 rings (SSSR count). The maximum absolute atomic E-state index is 13.4. The quantitative estimate of drug-likeness (QED) is 0.594. The number of carbonyl (C=O) groups is 2. The van der Waals surface area contributed by atoms with Crippen molar-refractivity contribution in [3.05, 3.63) is 0 Å². The Bertz CT molecular complexity index is 270. The second kappa shape index (κ2) is 3.33. The minimum Gasteiger partial charge on any atom is -0.342 e. The molecule has 0 aromatic carbocycles. The van der Waals surface area contributed by atoms with E-state index in [0.29, 0.717) is 0 Å². The summed E-state index contributed by atoms with van der Waals surface area (Å²) in [6, 6.07) is 0. The first-order valence-electron chi connectivity index (χ1n) is 4.68. The lowest BCUT2D eigenvalue weighted by Gasteiger charge is -2.21. The molecule has 0 aromatic heterocycles. The second-order valence-electron chi connectivity index (χ2n) is 4.83. The van der Waals surface area contributed by atoms with Gasteiger partial charge in [0.2, 0.25) is 5.91 Å². The average Bonchev–Trinajstić information content (AvgIpc) is 2.24. The van der Waals surface area contributed by atoms with Crippen LogP contribution in [0.4, 0.5) is 4.39 Å². The number of Topliss-reactive ketones (excluding diaryl/α,β-unsaturated/α-hetero) is 1. The van der Waals surface area contributed by atoms with Crippen LogP contribution >= 0.6 is 0 Å². The maximum atomic E-state index is 13.4. The molecular weight excluding hydrogens is 185 g/mol. The van der Waals surface area contributed by atoms with Gasteiger partial charge in [-0.2, -0.15) is 0 Å². The fraction of sp³-hybridized carbons (Fsp3) is 0.800. The molecule has 2 unspecified atom stereocenters. The van der Waals surface area contributed by atoms with Crippen LogP contribution in [0.3, 0.4) is 0 Å². The molecule has 0 N–H and O–H groups in total. The Morgan fingerprint density at radius 1 is 1.50 bits per heavy atom. The zero-order valence-electron chi connectivity index (χ0n) is 9.00. The fourth-order valence-corrected chi connectivity index (χ4v) is 1.59. The van der Waals surface area contributed by atoms with Gasteiger partial charge in [0.1, 0.15) is 12.1 Å². The predicted octanol–water partition coefficient (Wildman–Crippen LogP) is 1.03. The van der Waals surface area contributed by atoms with Crippen LogP contribution in [0.5, 0.6) is 0 Å². The molecule has 3 nitrogen and oxygen atoms in total. The van der Waals surface area contributed by atoms with E-state index in [1.54, 1.807) is 20.8 Å². The van der Waals surface area contributed by atoms with Crippen LogP contribution in [0.15, 0.2) is 0 Å². The van der Waals surface area contributed by atoms with E-state index in [4.69, 9.17) is 0 Å². The second-order valence-corrected chi connectivity index (χ2v) is 4.83. The van der Waals surface area contributed by atoms with E-state index in [9.17, 15) is 14.0 Å². The number of amides is 1. The first-order valence-corrected chi connectivity index (χ1v) is 4.68. The summed E-state index contributed by atoms with van der Waals surface area (Å²) >= 11 is 0. The number of nitrogens with zero attached hydrogens (tertiary/aromatic N) is 1. The van der Waals surface area contributed by atoms with Crippen molar-refractivity contribution in [3.8, 4) is 0 Å². The first kappa shape index (κ1) is 11.1. The van der Waals surface area contributed by atoms with Crippen LogP contribution < -0.4 is 0 Å². The monoisotopic (exact) mass is 201 g/mol. The van der Waals surface area contributed by atoms with Gasteiger partial charge in [-0.25, -0.2) is 4.39 Å². The lowest BCUT2D eigenvalue weighted by atomic mass is 9.82. The van der Waals surface area contributed by atoms with Crippen molar-refractivity contribution in [1.29, 1.82) is 0 Å². The Morgan fingerprint density at radius 2 is 2.00 bits per heavy atom. The van der Waals surface area contributed by atoms with Gasteiger partial charge in [-0.05, 0) is 0 Å². The molecule has 0 bridgehead atoms. The van der Waals surface area contributed by atoms with E-state index in [2.05, 4.69) is 0 Å². The van der Waals surface area contributed by atoms with Gasteiger partial charge in [-0.3, -0.25) is 9.59 Å². The molecule has 1 heterocycles. The Kier molecular flexibility index (Phi) is 2.65. The number of ketones is 1. The van der Waals surface area contributed by atoms with Crippen LogP contribution in [0.2, 0.25) is 0 Å². The number of hydrogen-bond donors (Lipinski definition) is 0. The normalized spacial score (nSPS) is 28.4. The molecule has 1 fully saturated rings. The number of rotatable bonds is 1. The highest BCUT2D eigenvalue weighted by molar-refractivity contribution is 6.05. The van der Waals surface area contributed by atoms with E-state index < -0.39 is 23.4 Å². The highest BCUT2D eigenvalue weighted by atomic mass is 19.1. The summed E-state index contributed by atoms with van der Waals surface area (Å²) in [6.45, 7) is 5.14. The van der Waals surface area contributed by atoms with Crippen molar-refractivity contribution in [2.24, 2.45) is 11.3 Å². The summed E-state index contributed by atoms with van der Waals surface area (Å²) in [7, 11) is 1.52. The summed E-state index contributed by atoms with van der Waals surface area (Å²) in [5.41, 5.74) is -0.657. The van der Waals surface area contributed by atoms with Crippen molar-refractivity contribution in [2.75, 3.05) is 13.6 Å². The molecule has 0 spiro atoms. The molecule has 1 saturated heterocycles. The molecule has 0 aromatic rings. The molecule has 1 aliphatic heterocycles. The van der Waals surface area contributed by atoms with Crippen molar-refractivity contribution >= 4 is 11.7 Å². The highest BCUT2D eigenvalue weighted by Crippen LogP contribution is 2.29. The molecule has 4 heteroatoms. The number of hydrogen-bond acceptors (Lipinski definition) is 2. The molecular formula is C10H16FNO2. The Labute approximate surface area is 83.3 Å². The average molecular weight is 201 g/mol. The molecule has 14 heavy (non-hydrogen) atoms. The maximum Gasteiger partial charge on any atom is 0.236 e. The summed E-state index contributed by atoms with van der Waals surface area (Å²) in [4.78, 5) is 24.5. The van der Waals surface area contributed by atoms with Gasteiger partial charge in [0.05, 0.1) is 6.54 Å². The molecule has 1 amide bonds. The largest absolute Gasteiger partial charge is 0.342 e. The molecule has 2 atom stereocenters. The van der Waals surface area contributed by atoms with Crippen LogP contribution in [-0.4, -0.2) is 36.4 Å².